The maximum absolute atomic E-state index is 12.2. The Morgan fingerprint density at radius 2 is 1.81 bits per heavy atom. The minimum Gasteiger partial charge on any atom is -0.343 e. The summed E-state index contributed by atoms with van der Waals surface area (Å²) in [4.78, 5) is 28.0. The summed E-state index contributed by atoms with van der Waals surface area (Å²) in [6.45, 7) is 7.03. The summed E-state index contributed by atoms with van der Waals surface area (Å²) in [5, 5.41) is 0. The highest BCUT2D eigenvalue weighted by Crippen LogP contribution is 2.17. The SMILES string of the molecule is CCCN(CCC)C(=O)CCC(=O)N1CCCC1CN.Cl. The lowest BCUT2D eigenvalue weighted by Gasteiger charge is -2.25. The molecule has 1 heterocycles. The van der Waals surface area contributed by atoms with E-state index >= 15 is 0 Å². The fraction of sp³-hybridized carbons (Fsp3) is 0.867. The highest BCUT2D eigenvalue weighted by atomic mass is 35.5. The number of rotatable bonds is 8. The van der Waals surface area contributed by atoms with Gasteiger partial charge in [-0.2, -0.15) is 0 Å². The lowest BCUT2D eigenvalue weighted by molar-refractivity contribution is -0.137. The van der Waals surface area contributed by atoms with Crippen LogP contribution in [0.15, 0.2) is 0 Å². The topological polar surface area (TPSA) is 66.6 Å². The molecule has 1 unspecified atom stereocenters. The third-order valence-corrected chi connectivity index (χ3v) is 3.86. The fourth-order valence-electron chi connectivity index (χ4n) is 2.83. The van der Waals surface area contributed by atoms with Crippen LogP contribution >= 0.6 is 12.4 Å². The van der Waals surface area contributed by atoms with Crippen molar-refractivity contribution in [1.82, 2.24) is 9.80 Å². The molecule has 0 radical (unpaired) electrons. The maximum atomic E-state index is 12.2. The number of likely N-dealkylation sites (tertiary alicyclic amines) is 1. The summed E-state index contributed by atoms with van der Waals surface area (Å²) in [6.07, 6.45) is 4.58. The standard InChI is InChI=1S/C15H29N3O2.ClH/c1-3-9-17(10-4-2)14(19)7-8-15(20)18-11-5-6-13(18)12-16;/h13H,3-12,16H2,1-2H3;1H. The molecule has 124 valence electrons. The minimum atomic E-state index is 0. The van der Waals surface area contributed by atoms with Gasteiger partial charge in [0.25, 0.3) is 0 Å². The lowest BCUT2D eigenvalue weighted by atomic mass is 10.2. The van der Waals surface area contributed by atoms with Crippen molar-refractivity contribution in [2.45, 2.75) is 58.4 Å². The van der Waals surface area contributed by atoms with Crippen LogP contribution in [0.4, 0.5) is 0 Å². The largest absolute Gasteiger partial charge is 0.343 e. The molecule has 1 aliphatic heterocycles. The Balaban J connectivity index is 0.00000400. The summed E-state index contributed by atoms with van der Waals surface area (Å²) in [7, 11) is 0. The highest BCUT2D eigenvalue weighted by Gasteiger charge is 2.27. The Morgan fingerprint density at radius 3 is 2.33 bits per heavy atom. The van der Waals surface area contributed by atoms with Crippen LogP contribution in [-0.4, -0.2) is 53.8 Å². The first-order chi connectivity index (χ1) is 9.63. The molecule has 0 aromatic rings. The second-order valence-electron chi connectivity index (χ2n) is 5.50. The van der Waals surface area contributed by atoms with Gasteiger partial charge in [0.2, 0.25) is 11.8 Å². The Labute approximate surface area is 134 Å². The Morgan fingerprint density at radius 1 is 1.19 bits per heavy atom. The summed E-state index contributed by atoms with van der Waals surface area (Å²) in [6, 6.07) is 0.181. The normalized spacial score (nSPS) is 17.5. The molecule has 0 bridgehead atoms. The molecule has 0 aromatic carbocycles. The molecule has 1 rings (SSSR count). The molecular weight excluding hydrogens is 290 g/mol. The van der Waals surface area contributed by atoms with Crippen molar-refractivity contribution >= 4 is 24.2 Å². The van der Waals surface area contributed by atoms with Crippen LogP contribution in [0, 0.1) is 0 Å². The second-order valence-corrected chi connectivity index (χ2v) is 5.50. The molecule has 1 saturated heterocycles. The zero-order chi connectivity index (χ0) is 15.0. The molecule has 1 fully saturated rings. The van der Waals surface area contributed by atoms with Gasteiger partial charge >= 0.3 is 0 Å². The zero-order valence-corrected chi connectivity index (χ0v) is 14.2. The van der Waals surface area contributed by atoms with Crippen molar-refractivity contribution < 1.29 is 9.59 Å². The van der Waals surface area contributed by atoms with Crippen LogP contribution in [0.25, 0.3) is 0 Å². The van der Waals surface area contributed by atoms with Crippen LogP contribution < -0.4 is 5.73 Å². The van der Waals surface area contributed by atoms with Crippen molar-refractivity contribution in [2.24, 2.45) is 5.73 Å². The molecule has 0 aliphatic carbocycles. The van der Waals surface area contributed by atoms with E-state index in [0.29, 0.717) is 19.4 Å². The van der Waals surface area contributed by atoms with Crippen LogP contribution in [0.3, 0.4) is 0 Å². The van der Waals surface area contributed by atoms with Crippen molar-refractivity contribution in [1.29, 1.82) is 0 Å². The summed E-state index contributed by atoms with van der Waals surface area (Å²) >= 11 is 0. The molecule has 0 aromatic heterocycles. The minimum absolute atomic E-state index is 0. The Bertz CT molecular complexity index is 320. The van der Waals surface area contributed by atoms with Crippen molar-refractivity contribution in [3.63, 3.8) is 0 Å². The molecular formula is C15H30ClN3O2. The zero-order valence-electron chi connectivity index (χ0n) is 13.3. The second kappa shape index (κ2) is 10.9. The molecule has 5 nitrogen and oxygen atoms in total. The number of halogens is 1. The lowest BCUT2D eigenvalue weighted by Crippen LogP contribution is -2.40. The molecule has 6 heteroatoms. The summed E-state index contributed by atoms with van der Waals surface area (Å²) in [5.74, 6) is 0.185. The van der Waals surface area contributed by atoms with Gasteiger partial charge in [-0.25, -0.2) is 0 Å². The van der Waals surface area contributed by atoms with Gasteiger partial charge in [0, 0.05) is 45.1 Å². The fourth-order valence-corrected chi connectivity index (χ4v) is 2.83. The van der Waals surface area contributed by atoms with Gasteiger partial charge in [0.05, 0.1) is 0 Å². The number of nitrogens with two attached hydrogens (primary N) is 1. The monoisotopic (exact) mass is 319 g/mol. The number of hydrogen-bond acceptors (Lipinski definition) is 3. The summed E-state index contributed by atoms with van der Waals surface area (Å²) < 4.78 is 0. The van der Waals surface area contributed by atoms with E-state index in [2.05, 4.69) is 13.8 Å². The van der Waals surface area contributed by atoms with E-state index in [1.807, 2.05) is 9.80 Å². The van der Waals surface area contributed by atoms with Crippen molar-refractivity contribution in [3.05, 3.63) is 0 Å². The van der Waals surface area contributed by atoms with Crippen LogP contribution in [0.5, 0.6) is 0 Å². The van der Waals surface area contributed by atoms with Crippen LogP contribution in [-0.2, 0) is 9.59 Å². The molecule has 0 spiro atoms. The van der Waals surface area contributed by atoms with E-state index in [9.17, 15) is 9.59 Å². The smallest absolute Gasteiger partial charge is 0.223 e. The maximum Gasteiger partial charge on any atom is 0.223 e. The van der Waals surface area contributed by atoms with E-state index < -0.39 is 0 Å². The number of amides is 2. The number of nitrogens with zero attached hydrogens (tertiary/aromatic N) is 2. The first kappa shape index (κ1) is 20.2. The highest BCUT2D eigenvalue weighted by molar-refractivity contribution is 5.85. The van der Waals surface area contributed by atoms with E-state index in [4.69, 9.17) is 5.73 Å². The predicted molar refractivity (Wildman–Crippen MR) is 87.4 cm³/mol. The molecule has 2 amide bonds. The summed E-state index contributed by atoms with van der Waals surface area (Å²) in [5.41, 5.74) is 5.68. The van der Waals surface area contributed by atoms with Gasteiger partial charge in [0.1, 0.15) is 0 Å². The van der Waals surface area contributed by atoms with Gasteiger partial charge in [-0.1, -0.05) is 13.8 Å². The first-order valence-corrected chi connectivity index (χ1v) is 7.91. The molecule has 2 N–H and O–H groups in total. The molecule has 21 heavy (non-hydrogen) atoms. The van der Waals surface area contributed by atoms with Crippen LogP contribution in [0.1, 0.15) is 52.4 Å². The number of carbonyl (C=O) groups excluding carboxylic acids is 2. The van der Waals surface area contributed by atoms with Crippen molar-refractivity contribution in [3.8, 4) is 0 Å². The van der Waals surface area contributed by atoms with Gasteiger partial charge in [-0.05, 0) is 25.7 Å². The van der Waals surface area contributed by atoms with Gasteiger partial charge < -0.3 is 15.5 Å². The Hall–Kier alpha value is -0.810. The molecule has 1 atom stereocenters. The van der Waals surface area contributed by atoms with Crippen molar-refractivity contribution in [2.75, 3.05) is 26.2 Å². The predicted octanol–water partition coefficient (Wildman–Crippen LogP) is 1.79. The number of hydrogen-bond donors (Lipinski definition) is 1. The van der Waals surface area contributed by atoms with E-state index in [-0.39, 0.29) is 30.3 Å². The number of carbonyl (C=O) groups is 2. The average Bonchev–Trinajstić information content (AvgIpc) is 2.92. The molecule has 1 aliphatic rings. The van der Waals surface area contributed by atoms with Gasteiger partial charge in [0.15, 0.2) is 0 Å². The van der Waals surface area contributed by atoms with E-state index in [1.54, 1.807) is 0 Å². The van der Waals surface area contributed by atoms with E-state index in [1.165, 1.54) is 0 Å². The first-order valence-electron chi connectivity index (χ1n) is 7.91. The van der Waals surface area contributed by atoms with Gasteiger partial charge in [-0.3, -0.25) is 9.59 Å². The van der Waals surface area contributed by atoms with Crippen LogP contribution in [0.2, 0.25) is 0 Å². The van der Waals surface area contributed by atoms with Gasteiger partial charge in [-0.15, -0.1) is 12.4 Å². The average molecular weight is 320 g/mol. The third-order valence-electron chi connectivity index (χ3n) is 3.86. The molecule has 0 saturated carbocycles. The quantitative estimate of drug-likeness (QED) is 0.741. The third kappa shape index (κ3) is 6.22. The van der Waals surface area contributed by atoms with E-state index in [0.717, 1.165) is 45.3 Å². The Kier molecular flexibility index (Phi) is 10.4.